The summed E-state index contributed by atoms with van der Waals surface area (Å²) in [7, 11) is 0. The van der Waals surface area contributed by atoms with Crippen molar-refractivity contribution >= 4 is 23.3 Å². The van der Waals surface area contributed by atoms with Gasteiger partial charge in [-0.2, -0.15) is 0 Å². The van der Waals surface area contributed by atoms with Gasteiger partial charge in [0.15, 0.2) is 5.16 Å². The highest BCUT2D eigenvalue weighted by Crippen LogP contribution is 2.29. The average molecular weight is 292 g/mol. The number of rotatable bonds is 6. The summed E-state index contributed by atoms with van der Waals surface area (Å²) in [6.45, 7) is 2.11. The van der Waals surface area contributed by atoms with Crippen molar-refractivity contribution < 1.29 is 9.90 Å². The Balaban J connectivity index is 2.14. The smallest absolute Gasteiger partial charge is 0.336 e. The van der Waals surface area contributed by atoms with Gasteiger partial charge in [0, 0.05) is 23.7 Å². The molecular formula is C15H20N2O2S. The van der Waals surface area contributed by atoms with Crippen molar-refractivity contribution in [3.05, 3.63) is 24.0 Å². The Labute approximate surface area is 123 Å². The lowest BCUT2D eigenvalue weighted by molar-refractivity contribution is -0.130. The van der Waals surface area contributed by atoms with Crippen molar-refractivity contribution in [3.63, 3.8) is 0 Å². The van der Waals surface area contributed by atoms with E-state index in [4.69, 9.17) is 0 Å². The number of allylic oxidation sites excluding steroid dienone is 1. The Bertz CT molecular complexity index is 479. The lowest BCUT2D eigenvalue weighted by Crippen LogP contribution is -2.04. The van der Waals surface area contributed by atoms with Crippen LogP contribution in [0.4, 0.5) is 0 Å². The molecule has 1 fully saturated rings. The molecule has 0 radical (unpaired) electrons. The van der Waals surface area contributed by atoms with E-state index in [1.165, 1.54) is 12.8 Å². The van der Waals surface area contributed by atoms with E-state index in [1.54, 1.807) is 24.2 Å². The SMILES string of the molecule is CCCSc1ncc(C(=CC2CCCC2)C(=O)O)cn1. The number of thioether (sulfide) groups is 1. The minimum absolute atomic E-state index is 0.337. The van der Waals surface area contributed by atoms with Gasteiger partial charge in [0.2, 0.25) is 0 Å². The predicted octanol–water partition coefficient (Wildman–Crippen LogP) is 3.64. The Morgan fingerprint density at radius 3 is 2.60 bits per heavy atom. The Morgan fingerprint density at radius 1 is 1.40 bits per heavy atom. The molecule has 0 amide bonds. The van der Waals surface area contributed by atoms with Crippen LogP contribution in [0.15, 0.2) is 23.6 Å². The molecule has 1 aromatic heterocycles. The van der Waals surface area contributed by atoms with E-state index in [0.29, 0.717) is 22.2 Å². The van der Waals surface area contributed by atoms with Crippen LogP contribution in [0.2, 0.25) is 0 Å². The quantitative estimate of drug-likeness (QED) is 0.493. The van der Waals surface area contributed by atoms with Gasteiger partial charge in [-0.3, -0.25) is 0 Å². The van der Waals surface area contributed by atoms with Crippen molar-refractivity contribution in [2.75, 3.05) is 5.75 Å². The van der Waals surface area contributed by atoms with Gasteiger partial charge in [0.1, 0.15) is 0 Å². The Morgan fingerprint density at radius 2 is 2.05 bits per heavy atom. The third-order valence-electron chi connectivity index (χ3n) is 3.41. The first kappa shape index (κ1) is 15.0. The molecule has 20 heavy (non-hydrogen) atoms. The maximum absolute atomic E-state index is 11.4. The molecule has 0 aliphatic heterocycles. The second-order valence-corrected chi connectivity index (χ2v) is 6.09. The molecule has 0 atom stereocenters. The lowest BCUT2D eigenvalue weighted by atomic mass is 10.0. The summed E-state index contributed by atoms with van der Waals surface area (Å²) in [6, 6.07) is 0. The van der Waals surface area contributed by atoms with Gasteiger partial charge in [-0.15, -0.1) is 0 Å². The summed E-state index contributed by atoms with van der Waals surface area (Å²) in [4.78, 5) is 19.9. The highest BCUT2D eigenvalue weighted by molar-refractivity contribution is 7.99. The second kappa shape index (κ2) is 7.43. The fourth-order valence-electron chi connectivity index (χ4n) is 2.37. The Hall–Kier alpha value is -1.36. The van der Waals surface area contributed by atoms with Crippen molar-refractivity contribution in [3.8, 4) is 0 Å². The fourth-order valence-corrected chi connectivity index (χ4v) is 3.02. The average Bonchev–Trinajstić information content (AvgIpc) is 2.96. The van der Waals surface area contributed by atoms with Gasteiger partial charge in [-0.1, -0.05) is 37.6 Å². The standard InChI is InChI=1S/C15H20N2O2S/c1-2-7-20-15-16-9-12(10-17-15)13(14(18)19)8-11-5-3-4-6-11/h8-11H,2-7H2,1H3,(H,18,19). The highest BCUT2D eigenvalue weighted by atomic mass is 32.2. The number of hydrogen-bond donors (Lipinski definition) is 1. The largest absolute Gasteiger partial charge is 0.478 e. The van der Waals surface area contributed by atoms with Crippen molar-refractivity contribution in [1.29, 1.82) is 0 Å². The van der Waals surface area contributed by atoms with Gasteiger partial charge >= 0.3 is 5.97 Å². The van der Waals surface area contributed by atoms with Crippen LogP contribution in [-0.4, -0.2) is 26.8 Å². The van der Waals surface area contributed by atoms with E-state index >= 15 is 0 Å². The van der Waals surface area contributed by atoms with Crippen molar-refractivity contribution in [2.24, 2.45) is 5.92 Å². The van der Waals surface area contributed by atoms with E-state index in [2.05, 4.69) is 16.9 Å². The fraction of sp³-hybridized carbons (Fsp3) is 0.533. The van der Waals surface area contributed by atoms with Crippen LogP contribution in [0.25, 0.3) is 5.57 Å². The van der Waals surface area contributed by atoms with Gasteiger partial charge < -0.3 is 5.11 Å². The van der Waals surface area contributed by atoms with E-state index in [1.807, 2.05) is 6.08 Å². The highest BCUT2D eigenvalue weighted by Gasteiger charge is 2.18. The van der Waals surface area contributed by atoms with E-state index in [-0.39, 0.29) is 0 Å². The first-order valence-electron chi connectivity index (χ1n) is 7.11. The molecule has 0 unspecified atom stereocenters. The molecule has 1 saturated carbocycles. The van der Waals surface area contributed by atoms with Gasteiger partial charge in [-0.25, -0.2) is 14.8 Å². The lowest BCUT2D eigenvalue weighted by Gasteiger charge is -2.07. The third kappa shape index (κ3) is 4.07. The Kier molecular flexibility index (Phi) is 5.59. The molecular weight excluding hydrogens is 272 g/mol. The molecule has 1 aliphatic rings. The summed E-state index contributed by atoms with van der Waals surface area (Å²) >= 11 is 1.59. The maximum atomic E-state index is 11.4. The van der Waals surface area contributed by atoms with Crippen LogP contribution < -0.4 is 0 Å². The normalized spacial score (nSPS) is 16.6. The number of nitrogens with zero attached hydrogens (tertiary/aromatic N) is 2. The third-order valence-corrected chi connectivity index (χ3v) is 4.49. The first-order valence-corrected chi connectivity index (χ1v) is 8.09. The van der Waals surface area contributed by atoms with Crippen LogP contribution >= 0.6 is 11.8 Å². The van der Waals surface area contributed by atoms with Gasteiger partial charge in [-0.05, 0) is 25.2 Å². The minimum Gasteiger partial charge on any atom is -0.478 e. The van der Waals surface area contributed by atoms with Crippen molar-refractivity contribution in [1.82, 2.24) is 9.97 Å². The zero-order valence-corrected chi connectivity index (χ0v) is 12.5. The predicted molar refractivity (Wildman–Crippen MR) is 80.6 cm³/mol. The van der Waals surface area contributed by atoms with Crippen molar-refractivity contribution in [2.45, 2.75) is 44.2 Å². The van der Waals surface area contributed by atoms with Gasteiger partial charge in [0.25, 0.3) is 0 Å². The number of carbonyl (C=O) groups is 1. The van der Waals surface area contributed by atoms with E-state index in [9.17, 15) is 9.90 Å². The summed E-state index contributed by atoms with van der Waals surface area (Å²) in [5, 5.41) is 10.1. The molecule has 1 heterocycles. The zero-order valence-electron chi connectivity index (χ0n) is 11.7. The number of aromatic nitrogens is 2. The second-order valence-electron chi connectivity index (χ2n) is 5.03. The monoisotopic (exact) mass is 292 g/mol. The molecule has 0 spiro atoms. The molecule has 0 saturated heterocycles. The van der Waals surface area contributed by atoms with E-state index < -0.39 is 5.97 Å². The molecule has 1 N–H and O–H groups in total. The molecule has 4 nitrogen and oxygen atoms in total. The molecule has 0 bridgehead atoms. The summed E-state index contributed by atoms with van der Waals surface area (Å²) in [5.41, 5.74) is 0.939. The first-order chi connectivity index (χ1) is 9.70. The molecule has 2 rings (SSSR count). The number of carboxylic acids is 1. The zero-order chi connectivity index (χ0) is 14.4. The molecule has 1 aromatic rings. The number of aliphatic carboxylic acids is 1. The van der Waals surface area contributed by atoms with Crippen LogP contribution in [-0.2, 0) is 4.79 Å². The minimum atomic E-state index is -0.894. The number of carboxylic acid groups (broad SMARTS) is 1. The molecule has 108 valence electrons. The van der Waals surface area contributed by atoms with E-state index in [0.717, 1.165) is 25.0 Å². The van der Waals surface area contributed by atoms with Crippen LogP contribution in [0, 0.1) is 5.92 Å². The molecule has 1 aliphatic carbocycles. The molecule has 0 aromatic carbocycles. The maximum Gasteiger partial charge on any atom is 0.336 e. The molecule has 5 heteroatoms. The van der Waals surface area contributed by atoms with Crippen LogP contribution in [0.1, 0.15) is 44.6 Å². The summed E-state index contributed by atoms with van der Waals surface area (Å²) in [5.74, 6) is 0.466. The van der Waals surface area contributed by atoms with Crippen LogP contribution in [0.3, 0.4) is 0 Å². The van der Waals surface area contributed by atoms with Gasteiger partial charge in [0.05, 0.1) is 5.57 Å². The summed E-state index contributed by atoms with van der Waals surface area (Å²) in [6.07, 6.45) is 10.8. The topological polar surface area (TPSA) is 63.1 Å². The van der Waals surface area contributed by atoms with Crippen LogP contribution in [0.5, 0.6) is 0 Å². The summed E-state index contributed by atoms with van der Waals surface area (Å²) < 4.78 is 0. The number of hydrogen-bond acceptors (Lipinski definition) is 4.